The van der Waals surface area contributed by atoms with E-state index in [9.17, 15) is 19.2 Å². The van der Waals surface area contributed by atoms with Crippen LogP contribution in [0.4, 0.5) is 4.79 Å². The number of carbonyl (C=O) groups is 4. The number of rotatable bonds is 17. The van der Waals surface area contributed by atoms with Crippen molar-refractivity contribution >= 4 is 34.0 Å². The molecule has 0 aliphatic carbocycles. The summed E-state index contributed by atoms with van der Waals surface area (Å²) in [7, 11) is -0.717. The molecule has 0 aromatic heterocycles. The molecule has 34 heavy (non-hydrogen) atoms. The molecule has 0 saturated heterocycles. The van der Waals surface area contributed by atoms with Gasteiger partial charge in [0, 0.05) is 24.8 Å². The number of amides is 1. The molecule has 0 unspecified atom stereocenters. The largest absolute Gasteiger partial charge is 0.462 e. The second-order valence-electron chi connectivity index (χ2n) is 8.48. The number of carbonyl (C=O) groups excluding carboxylic acids is 4. The predicted molar refractivity (Wildman–Crippen MR) is 134 cm³/mol. The number of ether oxygens (including phenoxy) is 4. The second-order valence-corrected chi connectivity index (χ2v) is 13.1. The van der Waals surface area contributed by atoms with E-state index in [0.29, 0.717) is 11.8 Å². The Balaban J connectivity index is 5.05. The van der Waals surface area contributed by atoms with E-state index in [0.717, 1.165) is 30.4 Å². The maximum Gasteiger partial charge on any atom is 0.407 e. The first-order valence-electron chi connectivity index (χ1n) is 10.9. The fraction of sp³-hybridized carbons (Fsp3) is 0.583. The maximum absolute atomic E-state index is 12.1. The van der Waals surface area contributed by atoms with Gasteiger partial charge in [0.25, 0.3) is 0 Å². The maximum atomic E-state index is 12.1. The smallest absolute Gasteiger partial charge is 0.407 e. The van der Waals surface area contributed by atoms with Crippen molar-refractivity contribution in [3.8, 4) is 0 Å². The third-order valence-corrected chi connectivity index (χ3v) is 9.21. The molecule has 0 bridgehead atoms. The van der Waals surface area contributed by atoms with Crippen LogP contribution in [0, 0.1) is 5.41 Å². The van der Waals surface area contributed by atoms with Crippen molar-refractivity contribution in [1.29, 1.82) is 0 Å². The Labute approximate surface area is 204 Å². The summed E-state index contributed by atoms with van der Waals surface area (Å²) in [4.78, 5) is 46.9. The standard InChI is InChI=1S/C24H39NO8S/c1-8-20(26)31-16-24(17-32-21(27)9-2,18-33-22(28)10-3)12-14-30-23(29)25-13-11-15-34(6,7)19(4)5/h8-10,19H,1-3,11-18H2,4-7H3,(H,25,29). The van der Waals surface area contributed by atoms with E-state index < -0.39 is 39.4 Å². The minimum atomic E-state index is -1.17. The molecule has 0 atom stereocenters. The molecule has 10 heteroatoms. The number of hydrogen-bond donors (Lipinski definition) is 1. The van der Waals surface area contributed by atoms with Gasteiger partial charge in [-0.2, -0.15) is 0 Å². The van der Waals surface area contributed by atoms with Crippen molar-refractivity contribution in [3.05, 3.63) is 38.0 Å². The van der Waals surface area contributed by atoms with Gasteiger partial charge in [0.1, 0.15) is 19.8 Å². The Bertz CT molecular complexity index is 673. The zero-order chi connectivity index (χ0) is 26.2. The highest BCUT2D eigenvalue weighted by molar-refractivity contribution is 8.33. The molecule has 0 rings (SSSR count). The Morgan fingerprint density at radius 2 is 1.29 bits per heavy atom. The van der Waals surface area contributed by atoms with Gasteiger partial charge in [-0.3, -0.25) is 0 Å². The van der Waals surface area contributed by atoms with Crippen molar-refractivity contribution < 1.29 is 38.1 Å². The average Bonchev–Trinajstić information content (AvgIpc) is 2.81. The van der Waals surface area contributed by atoms with Gasteiger partial charge in [-0.25, -0.2) is 29.2 Å². The molecular formula is C24H39NO8S. The normalized spacial score (nSPS) is 11.7. The van der Waals surface area contributed by atoms with Gasteiger partial charge in [-0.1, -0.05) is 33.6 Å². The van der Waals surface area contributed by atoms with Crippen LogP contribution in [0.3, 0.4) is 0 Å². The first-order valence-corrected chi connectivity index (χ1v) is 13.6. The summed E-state index contributed by atoms with van der Waals surface area (Å²) in [5, 5.41) is 3.32. The molecule has 0 spiro atoms. The molecular weight excluding hydrogens is 462 g/mol. The molecule has 0 aromatic carbocycles. The number of alkyl carbamates (subject to hydrolysis) is 1. The van der Waals surface area contributed by atoms with E-state index in [1.54, 1.807) is 0 Å². The van der Waals surface area contributed by atoms with Gasteiger partial charge in [-0.05, 0) is 36.4 Å². The Morgan fingerprint density at radius 1 is 0.853 bits per heavy atom. The lowest BCUT2D eigenvalue weighted by Crippen LogP contribution is -2.40. The number of hydrogen-bond acceptors (Lipinski definition) is 8. The summed E-state index contributed by atoms with van der Waals surface area (Å²) < 4.78 is 20.6. The Morgan fingerprint density at radius 3 is 1.68 bits per heavy atom. The number of esters is 3. The van der Waals surface area contributed by atoms with E-state index >= 15 is 0 Å². The van der Waals surface area contributed by atoms with Gasteiger partial charge < -0.3 is 24.3 Å². The van der Waals surface area contributed by atoms with E-state index in [2.05, 4.69) is 51.4 Å². The SMILES string of the molecule is C=CC(=O)OCC(CCOC(=O)NCCCS(C)(C)C(C)C)(COC(=O)C=C)COC(=O)C=C. The minimum Gasteiger partial charge on any atom is -0.462 e. The minimum absolute atomic E-state index is 0.0736. The van der Waals surface area contributed by atoms with Gasteiger partial charge in [0.2, 0.25) is 0 Å². The summed E-state index contributed by atoms with van der Waals surface area (Å²) in [6.45, 7) is 14.0. The molecule has 9 nitrogen and oxygen atoms in total. The van der Waals surface area contributed by atoms with Crippen LogP contribution in [0.15, 0.2) is 38.0 Å². The molecule has 1 N–H and O–H groups in total. The van der Waals surface area contributed by atoms with Gasteiger partial charge in [0.05, 0.1) is 12.0 Å². The summed E-state index contributed by atoms with van der Waals surface area (Å²) in [5.74, 6) is -1.09. The van der Waals surface area contributed by atoms with Crippen LogP contribution in [-0.2, 0) is 33.3 Å². The summed E-state index contributed by atoms with van der Waals surface area (Å²) in [5.41, 5.74) is -1.17. The van der Waals surface area contributed by atoms with Crippen molar-refractivity contribution in [1.82, 2.24) is 5.32 Å². The third-order valence-electron chi connectivity index (χ3n) is 5.32. The zero-order valence-corrected chi connectivity index (χ0v) is 21.6. The van der Waals surface area contributed by atoms with Crippen molar-refractivity contribution in [2.45, 2.75) is 31.9 Å². The van der Waals surface area contributed by atoms with Crippen LogP contribution in [0.1, 0.15) is 26.7 Å². The molecule has 0 aliphatic rings. The molecule has 0 aliphatic heterocycles. The second kappa shape index (κ2) is 16.0. The van der Waals surface area contributed by atoms with E-state index in [4.69, 9.17) is 18.9 Å². The van der Waals surface area contributed by atoms with E-state index in [-0.39, 0.29) is 32.8 Å². The first kappa shape index (κ1) is 31.2. The predicted octanol–water partition coefficient (Wildman–Crippen LogP) is 3.14. The Hall–Kier alpha value is -2.75. The van der Waals surface area contributed by atoms with Crippen LogP contribution in [0.25, 0.3) is 0 Å². The molecule has 0 fully saturated rings. The monoisotopic (exact) mass is 501 g/mol. The third kappa shape index (κ3) is 13.1. The molecule has 0 aromatic rings. The van der Waals surface area contributed by atoms with Gasteiger partial charge in [0.15, 0.2) is 0 Å². The van der Waals surface area contributed by atoms with Crippen LogP contribution in [0.2, 0.25) is 0 Å². The molecule has 0 radical (unpaired) electrons. The van der Waals surface area contributed by atoms with Gasteiger partial charge in [-0.15, -0.1) is 0 Å². The lowest BCUT2D eigenvalue weighted by molar-refractivity contribution is -0.157. The molecule has 0 saturated carbocycles. The highest BCUT2D eigenvalue weighted by Crippen LogP contribution is 2.45. The van der Waals surface area contributed by atoms with Crippen LogP contribution < -0.4 is 5.32 Å². The summed E-state index contributed by atoms with van der Waals surface area (Å²) in [6.07, 6.45) is 7.78. The fourth-order valence-electron chi connectivity index (χ4n) is 2.47. The average molecular weight is 502 g/mol. The molecule has 0 heterocycles. The quantitative estimate of drug-likeness (QED) is 0.140. The lowest BCUT2D eigenvalue weighted by atomic mass is 9.87. The van der Waals surface area contributed by atoms with Crippen molar-refractivity contribution in [3.63, 3.8) is 0 Å². The number of nitrogens with one attached hydrogen (secondary N) is 1. The Kier molecular flexibility index (Phi) is 14.7. The van der Waals surface area contributed by atoms with Crippen LogP contribution in [-0.4, -0.2) is 80.5 Å². The van der Waals surface area contributed by atoms with Crippen LogP contribution >= 0.6 is 10.0 Å². The van der Waals surface area contributed by atoms with E-state index in [1.165, 1.54) is 0 Å². The first-order chi connectivity index (χ1) is 15.9. The highest BCUT2D eigenvalue weighted by Gasteiger charge is 2.36. The summed E-state index contributed by atoms with van der Waals surface area (Å²) >= 11 is 0. The van der Waals surface area contributed by atoms with Gasteiger partial charge >= 0.3 is 24.0 Å². The molecule has 194 valence electrons. The highest BCUT2D eigenvalue weighted by atomic mass is 32.3. The van der Waals surface area contributed by atoms with Crippen LogP contribution in [0.5, 0.6) is 0 Å². The zero-order valence-electron chi connectivity index (χ0n) is 20.8. The fourth-order valence-corrected chi connectivity index (χ4v) is 3.83. The van der Waals surface area contributed by atoms with Crippen molar-refractivity contribution in [2.75, 3.05) is 51.2 Å². The lowest BCUT2D eigenvalue weighted by Gasteiger charge is -2.35. The topological polar surface area (TPSA) is 117 Å². The molecule has 1 amide bonds. The van der Waals surface area contributed by atoms with Crippen molar-refractivity contribution in [2.24, 2.45) is 5.41 Å². The van der Waals surface area contributed by atoms with E-state index in [1.807, 2.05) is 0 Å². The summed E-state index contributed by atoms with van der Waals surface area (Å²) in [6, 6.07) is 0.